The molecule has 26 heavy (non-hydrogen) atoms. The van der Waals surface area contributed by atoms with Gasteiger partial charge >= 0.3 is 0 Å². The Morgan fingerprint density at radius 2 is 1.88 bits per heavy atom. The number of sulfonamides is 1. The second kappa shape index (κ2) is 7.61. The first-order chi connectivity index (χ1) is 12.5. The van der Waals surface area contributed by atoms with Crippen LogP contribution in [0.15, 0.2) is 24.3 Å². The third-order valence-electron chi connectivity index (χ3n) is 6.64. The summed E-state index contributed by atoms with van der Waals surface area (Å²) in [6, 6.07) is 8.49. The minimum atomic E-state index is -3.21. The van der Waals surface area contributed by atoms with Crippen LogP contribution in [-0.2, 0) is 15.8 Å². The van der Waals surface area contributed by atoms with E-state index in [0.29, 0.717) is 18.5 Å². The Balaban J connectivity index is 1.31. The zero-order valence-corrected chi connectivity index (χ0v) is 16.8. The zero-order valence-electron chi connectivity index (χ0n) is 15.9. The fraction of sp³-hybridized carbons (Fsp3) is 0.714. The molecule has 2 atom stereocenters. The molecule has 1 saturated carbocycles. The Morgan fingerprint density at radius 1 is 1.08 bits per heavy atom. The Morgan fingerprint density at radius 3 is 2.62 bits per heavy atom. The number of nitrogens with zero attached hydrogens (tertiary/aromatic N) is 2. The molecule has 5 heteroatoms. The van der Waals surface area contributed by atoms with Gasteiger partial charge in [0.15, 0.2) is 0 Å². The van der Waals surface area contributed by atoms with E-state index in [4.69, 9.17) is 0 Å². The number of likely N-dealkylation sites (tertiary alicyclic amines) is 1. The molecule has 2 aliphatic heterocycles. The molecule has 3 fully saturated rings. The quantitative estimate of drug-likeness (QED) is 0.791. The van der Waals surface area contributed by atoms with Crippen molar-refractivity contribution in [2.24, 2.45) is 11.8 Å². The number of piperidine rings is 1. The smallest absolute Gasteiger partial charge is 0.218 e. The summed E-state index contributed by atoms with van der Waals surface area (Å²) in [5.41, 5.74) is 2.02. The van der Waals surface area contributed by atoms with Crippen LogP contribution < -0.4 is 0 Å². The van der Waals surface area contributed by atoms with Crippen molar-refractivity contribution in [1.29, 1.82) is 0 Å². The van der Waals surface area contributed by atoms with Gasteiger partial charge in [-0.2, -0.15) is 0 Å². The van der Waals surface area contributed by atoms with Crippen LogP contribution in [0.5, 0.6) is 0 Å². The number of fused-ring (bicyclic) bond motifs is 1. The lowest BCUT2D eigenvalue weighted by Crippen LogP contribution is -2.64. The lowest BCUT2D eigenvalue weighted by atomic mass is 9.81. The molecule has 144 valence electrons. The van der Waals surface area contributed by atoms with Crippen molar-refractivity contribution in [2.45, 2.75) is 57.2 Å². The van der Waals surface area contributed by atoms with E-state index in [1.807, 2.05) is 31.2 Å². The maximum atomic E-state index is 12.9. The van der Waals surface area contributed by atoms with Gasteiger partial charge in [0, 0.05) is 38.1 Å². The number of aryl methyl sites for hydroxylation is 1. The highest BCUT2D eigenvalue weighted by Crippen LogP contribution is 2.36. The molecule has 4 rings (SSSR count). The van der Waals surface area contributed by atoms with E-state index in [1.165, 1.54) is 38.6 Å². The topological polar surface area (TPSA) is 40.6 Å². The van der Waals surface area contributed by atoms with Crippen LogP contribution >= 0.6 is 0 Å². The molecule has 0 unspecified atom stereocenters. The van der Waals surface area contributed by atoms with Crippen molar-refractivity contribution >= 4 is 10.0 Å². The first-order valence-corrected chi connectivity index (χ1v) is 11.9. The van der Waals surface area contributed by atoms with E-state index in [9.17, 15) is 8.42 Å². The molecule has 0 spiro atoms. The van der Waals surface area contributed by atoms with Crippen LogP contribution in [0.4, 0.5) is 0 Å². The van der Waals surface area contributed by atoms with Gasteiger partial charge in [-0.1, -0.05) is 49.1 Å². The predicted octanol–water partition coefficient (Wildman–Crippen LogP) is 3.41. The largest absolute Gasteiger partial charge is 0.299 e. The van der Waals surface area contributed by atoms with Crippen molar-refractivity contribution < 1.29 is 8.42 Å². The summed E-state index contributed by atoms with van der Waals surface area (Å²) in [6.07, 6.45) is 8.01. The predicted molar refractivity (Wildman–Crippen MR) is 105 cm³/mol. The van der Waals surface area contributed by atoms with Crippen molar-refractivity contribution in [3.63, 3.8) is 0 Å². The van der Waals surface area contributed by atoms with Gasteiger partial charge in [-0.05, 0) is 37.7 Å². The molecule has 2 saturated heterocycles. The van der Waals surface area contributed by atoms with E-state index in [2.05, 4.69) is 4.90 Å². The van der Waals surface area contributed by atoms with Gasteiger partial charge < -0.3 is 0 Å². The fourth-order valence-corrected chi connectivity index (χ4v) is 6.80. The average molecular weight is 377 g/mol. The third kappa shape index (κ3) is 4.00. The van der Waals surface area contributed by atoms with E-state index in [0.717, 1.165) is 36.6 Å². The number of rotatable bonds is 5. The minimum absolute atomic E-state index is 0.137. The first kappa shape index (κ1) is 18.5. The Kier molecular flexibility index (Phi) is 5.40. The molecule has 1 aromatic carbocycles. The lowest BCUT2D eigenvalue weighted by Gasteiger charge is -2.54. The lowest BCUT2D eigenvalue weighted by molar-refractivity contribution is -0.0370. The van der Waals surface area contributed by atoms with Crippen LogP contribution in [0, 0.1) is 18.8 Å². The molecule has 1 aliphatic carbocycles. The van der Waals surface area contributed by atoms with Crippen LogP contribution in [0.1, 0.15) is 49.7 Å². The molecule has 0 bridgehead atoms. The van der Waals surface area contributed by atoms with Gasteiger partial charge in [-0.15, -0.1) is 0 Å². The summed E-state index contributed by atoms with van der Waals surface area (Å²) in [7, 11) is -3.21. The number of hydrogen-bond acceptors (Lipinski definition) is 3. The van der Waals surface area contributed by atoms with Crippen LogP contribution in [0.25, 0.3) is 0 Å². The second-order valence-electron chi connectivity index (χ2n) is 8.68. The first-order valence-electron chi connectivity index (χ1n) is 10.3. The summed E-state index contributed by atoms with van der Waals surface area (Å²) in [6.45, 7) is 5.77. The molecule has 4 nitrogen and oxygen atoms in total. The number of hydrogen-bond donors (Lipinski definition) is 0. The van der Waals surface area contributed by atoms with Crippen LogP contribution in [-0.4, -0.2) is 49.8 Å². The van der Waals surface area contributed by atoms with E-state index >= 15 is 0 Å². The van der Waals surface area contributed by atoms with Crippen LogP contribution in [0.2, 0.25) is 0 Å². The molecule has 3 aliphatic rings. The second-order valence-corrected chi connectivity index (χ2v) is 10.6. The summed E-state index contributed by atoms with van der Waals surface area (Å²) < 4.78 is 27.5. The highest BCUT2D eigenvalue weighted by molar-refractivity contribution is 7.88. The average Bonchev–Trinajstić information content (AvgIpc) is 2.60. The van der Waals surface area contributed by atoms with Gasteiger partial charge in [0.25, 0.3) is 0 Å². The molecular formula is C21H32N2O2S. The van der Waals surface area contributed by atoms with Gasteiger partial charge in [0.1, 0.15) is 0 Å². The molecule has 0 amide bonds. The minimum Gasteiger partial charge on any atom is -0.299 e. The number of benzene rings is 1. The van der Waals surface area contributed by atoms with Crippen molar-refractivity contribution in [1.82, 2.24) is 9.21 Å². The zero-order chi connectivity index (χ0) is 18.1. The molecule has 1 aromatic rings. The maximum Gasteiger partial charge on any atom is 0.218 e. The molecule has 0 N–H and O–H groups in total. The summed E-state index contributed by atoms with van der Waals surface area (Å²) >= 11 is 0. The Labute approximate surface area is 158 Å². The van der Waals surface area contributed by atoms with Gasteiger partial charge in [0.2, 0.25) is 10.0 Å². The highest BCUT2D eigenvalue weighted by Gasteiger charge is 2.45. The molecule has 2 heterocycles. The van der Waals surface area contributed by atoms with Crippen molar-refractivity contribution in [3.8, 4) is 0 Å². The SMILES string of the molecule is Cc1cccc(CS(=O)(=O)N2CC[C@H]3[C@@H](CN3CC3CCCCC3)C2)c1. The highest BCUT2D eigenvalue weighted by atomic mass is 32.2. The fourth-order valence-electron chi connectivity index (χ4n) is 5.21. The van der Waals surface area contributed by atoms with Crippen LogP contribution in [0.3, 0.4) is 0 Å². The van der Waals surface area contributed by atoms with Gasteiger partial charge in [-0.25, -0.2) is 12.7 Å². The van der Waals surface area contributed by atoms with Gasteiger partial charge in [0.05, 0.1) is 5.75 Å². The molecular weight excluding hydrogens is 344 g/mol. The summed E-state index contributed by atoms with van der Waals surface area (Å²) in [4.78, 5) is 2.64. The van der Waals surface area contributed by atoms with E-state index in [-0.39, 0.29) is 5.75 Å². The monoisotopic (exact) mass is 376 g/mol. The third-order valence-corrected chi connectivity index (χ3v) is 8.45. The van der Waals surface area contributed by atoms with E-state index in [1.54, 1.807) is 4.31 Å². The Hall–Kier alpha value is -0.910. The normalized spacial score (nSPS) is 28.5. The van der Waals surface area contributed by atoms with E-state index < -0.39 is 10.0 Å². The van der Waals surface area contributed by atoms with Crippen molar-refractivity contribution in [2.75, 3.05) is 26.2 Å². The summed E-state index contributed by atoms with van der Waals surface area (Å²) in [5.74, 6) is 1.56. The Bertz CT molecular complexity index is 727. The maximum absolute atomic E-state index is 12.9. The molecule has 0 radical (unpaired) electrons. The van der Waals surface area contributed by atoms with Crippen molar-refractivity contribution in [3.05, 3.63) is 35.4 Å². The molecule has 0 aromatic heterocycles. The standard InChI is InChI=1S/C21H32N2O2S/c1-17-6-5-9-19(12-17)16-26(24,25)23-11-10-21-20(15-23)14-22(21)13-18-7-3-2-4-8-18/h5-6,9,12,18,20-21H,2-4,7-8,10-11,13-16H2,1H3/t20-,21-/m0/s1. The van der Waals surface area contributed by atoms with Gasteiger partial charge in [-0.3, -0.25) is 4.90 Å². The summed E-state index contributed by atoms with van der Waals surface area (Å²) in [5, 5.41) is 0.